The zero-order valence-corrected chi connectivity index (χ0v) is 15.0. The van der Waals surface area contributed by atoms with Crippen LogP contribution in [0.15, 0.2) is 46.9 Å². The summed E-state index contributed by atoms with van der Waals surface area (Å²) in [6, 6.07) is 12.5. The summed E-state index contributed by atoms with van der Waals surface area (Å²) in [6.07, 6.45) is 1.82. The number of furan rings is 1. The lowest BCUT2D eigenvalue weighted by atomic mass is 10.1. The van der Waals surface area contributed by atoms with E-state index in [0.717, 1.165) is 5.56 Å². The molecule has 0 spiro atoms. The highest BCUT2D eigenvalue weighted by Gasteiger charge is 2.25. The zero-order valence-electron chi connectivity index (χ0n) is 15.0. The van der Waals surface area contributed by atoms with Crippen molar-refractivity contribution in [3.05, 3.63) is 59.5 Å². The number of rotatable bonds is 5. The van der Waals surface area contributed by atoms with Crippen molar-refractivity contribution in [2.75, 3.05) is 26.2 Å². The number of carboxylic acids is 1. The number of carbonyl (C=O) groups is 3. The molecule has 7 nitrogen and oxygen atoms in total. The van der Waals surface area contributed by atoms with Gasteiger partial charge in [-0.1, -0.05) is 30.3 Å². The molecule has 1 aliphatic rings. The first-order chi connectivity index (χ1) is 13.0. The van der Waals surface area contributed by atoms with E-state index in [1.54, 1.807) is 9.80 Å². The number of amides is 2. The topological polar surface area (TPSA) is 91.1 Å². The minimum Gasteiger partial charge on any atom is -0.475 e. The predicted molar refractivity (Wildman–Crippen MR) is 97.5 cm³/mol. The lowest BCUT2D eigenvalue weighted by Gasteiger charge is -2.21. The molecule has 0 bridgehead atoms. The fourth-order valence-electron chi connectivity index (χ4n) is 3.15. The highest BCUT2D eigenvalue weighted by molar-refractivity contribution is 5.93. The van der Waals surface area contributed by atoms with Gasteiger partial charge in [0.15, 0.2) is 5.76 Å². The molecule has 0 unspecified atom stereocenters. The molecule has 1 fully saturated rings. The summed E-state index contributed by atoms with van der Waals surface area (Å²) in [5, 5.41) is 8.90. The average molecular weight is 370 g/mol. The van der Waals surface area contributed by atoms with Gasteiger partial charge in [0.25, 0.3) is 5.91 Å². The van der Waals surface area contributed by atoms with Crippen LogP contribution in [0.1, 0.15) is 39.5 Å². The van der Waals surface area contributed by atoms with Gasteiger partial charge in [-0.25, -0.2) is 4.79 Å². The van der Waals surface area contributed by atoms with Gasteiger partial charge in [-0.05, 0) is 30.5 Å². The molecule has 0 saturated carbocycles. The van der Waals surface area contributed by atoms with Crippen molar-refractivity contribution in [3.8, 4) is 0 Å². The molecule has 7 heteroatoms. The van der Waals surface area contributed by atoms with Gasteiger partial charge < -0.3 is 19.3 Å². The number of benzene rings is 1. The molecule has 2 amide bonds. The van der Waals surface area contributed by atoms with Gasteiger partial charge in [-0.2, -0.15) is 0 Å². The number of aryl methyl sites for hydroxylation is 1. The summed E-state index contributed by atoms with van der Waals surface area (Å²) >= 11 is 0. The summed E-state index contributed by atoms with van der Waals surface area (Å²) in [5.74, 6) is -1.72. The lowest BCUT2D eigenvalue weighted by molar-refractivity contribution is -0.131. The Morgan fingerprint density at radius 1 is 0.889 bits per heavy atom. The first-order valence-corrected chi connectivity index (χ1v) is 8.98. The number of carboxylic acid groups (broad SMARTS) is 1. The van der Waals surface area contributed by atoms with E-state index in [1.165, 1.54) is 12.1 Å². The largest absolute Gasteiger partial charge is 0.475 e. The third-order valence-corrected chi connectivity index (χ3v) is 4.63. The van der Waals surface area contributed by atoms with Gasteiger partial charge in [0, 0.05) is 32.6 Å². The first-order valence-electron chi connectivity index (χ1n) is 8.98. The van der Waals surface area contributed by atoms with Crippen LogP contribution in [0.25, 0.3) is 0 Å². The molecule has 142 valence electrons. The molecule has 1 aromatic heterocycles. The Morgan fingerprint density at radius 3 is 2.26 bits per heavy atom. The highest BCUT2D eigenvalue weighted by atomic mass is 16.4. The summed E-state index contributed by atoms with van der Waals surface area (Å²) in [7, 11) is 0. The molecule has 2 aromatic rings. The Labute approximate surface area is 157 Å². The SMILES string of the molecule is O=C(O)c1ccc(C(=O)N2CCCN(C(=O)CCc3ccccc3)CC2)o1. The van der Waals surface area contributed by atoms with E-state index in [-0.39, 0.29) is 23.3 Å². The van der Waals surface area contributed by atoms with Crippen LogP contribution >= 0.6 is 0 Å². The maximum Gasteiger partial charge on any atom is 0.371 e. The van der Waals surface area contributed by atoms with Gasteiger partial charge in [0.2, 0.25) is 11.7 Å². The summed E-state index contributed by atoms with van der Waals surface area (Å²) in [6.45, 7) is 1.98. The minimum atomic E-state index is -1.21. The number of carbonyl (C=O) groups excluding carboxylic acids is 2. The van der Waals surface area contributed by atoms with Crippen molar-refractivity contribution >= 4 is 17.8 Å². The van der Waals surface area contributed by atoms with E-state index < -0.39 is 5.97 Å². The number of nitrogens with zero attached hydrogens (tertiary/aromatic N) is 2. The quantitative estimate of drug-likeness (QED) is 0.872. The maximum atomic E-state index is 12.5. The molecular formula is C20H22N2O5. The highest BCUT2D eigenvalue weighted by Crippen LogP contribution is 2.14. The van der Waals surface area contributed by atoms with Gasteiger partial charge in [0.05, 0.1) is 0 Å². The summed E-state index contributed by atoms with van der Waals surface area (Å²) in [5.41, 5.74) is 1.13. The van der Waals surface area contributed by atoms with Gasteiger partial charge >= 0.3 is 5.97 Å². The molecule has 1 N–H and O–H groups in total. The number of hydrogen-bond acceptors (Lipinski definition) is 4. The Balaban J connectivity index is 1.54. The maximum absolute atomic E-state index is 12.5. The lowest BCUT2D eigenvalue weighted by Crippen LogP contribution is -2.37. The van der Waals surface area contributed by atoms with Crippen molar-refractivity contribution in [2.24, 2.45) is 0 Å². The van der Waals surface area contributed by atoms with Gasteiger partial charge in [-0.15, -0.1) is 0 Å². The molecule has 1 saturated heterocycles. The second kappa shape index (κ2) is 8.53. The van der Waals surface area contributed by atoms with Gasteiger partial charge in [-0.3, -0.25) is 9.59 Å². The van der Waals surface area contributed by atoms with Crippen molar-refractivity contribution in [3.63, 3.8) is 0 Å². The van der Waals surface area contributed by atoms with Crippen LogP contribution in [0.2, 0.25) is 0 Å². The average Bonchev–Trinajstić information content (AvgIpc) is 3.05. The summed E-state index contributed by atoms with van der Waals surface area (Å²) < 4.78 is 5.09. The number of aromatic carboxylic acids is 1. The van der Waals surface area contributed by atoms with Crippen LogP contribution in [-0.2, 0) is 11.2 Å². The minimum absolute atomic E-state index is 0.0104. The number of hydrogen-bond donors (Lipinski definition) is 1. The second-order valence-electron chi connectivity index (χ2n) is 6.48. The zero-order chi connectivity index (χ0) is 19.2. The Hall–Kier alpha value is -3.09. The fraction of sp³-hybridized carbons (Fsp3) is 0.350. The molecule has 27 heavy (non-hydrogen) atoms. The third kappa shape index (κ3) is 4.75. The standard InChI is InChI=1S/C20H22N2O5/c23-18(10-7-15-5-2-1-3-6-15)21-11-4-12-22(14-13-21)19(24)16-8-9-17(27-16)20(25)26/h1-3,5-6,8-9H,4,7,10-14H2,(H,25,26). The van der Waals surface area contributed by atoms with Gasteiger partial charge in [0.1, 0.15) is 0 Å². The van der Waals surface area contributed by atoms with Crippen LogP contribution in [0.5, 0.6) is 0 Å². The van der Waals surface area contributed by atoms with Crippen LogP contribution in [0.4, 0.5) is 0 Å². The fourth-order valence-corrected chi connectivity index (χ4v) is 3.15. The van der Waals surface area contributed by atoms with E-state index in [1.807, 2.05) is 30.3 Å². The van der Waals surface area contributed by atoms with Crippen LogP contribution < -0.4 is 0 Å². The molecule has 1 aromatic carbocycles. The van der Waals surface area contributed by atoms with E-state index in [9.17, 15) is 14.4 Å². The van der Waals surface area contributed by atoms with E-state index in [0.29, 0.717) is 45.4 Å². The molecule has 1 aliphatic heterocycles. The van der Waals surface area contributed by atoms with E-state index in [2.05, 4.69) is 0 Å². The third-order valence-electron chi connectivity index (χ3n) is 4.63. The molecular weight excluding hydrogens is 348 g/mol. The Morgan fingerprint density at radius 2 is 1.56 bits per heavy atom. The van der Waals surface area contributed by atoms with Crippen LogP contribution in [-0.4, -0.2) is 58.9 Å². The van der Waals surface area contributed by atoms with E-state index >= 15 is 0 Å². The molecule has 3 rings (SSSR count). The first kappa shape index (κ1) is 18.7. The van der Waals surface area contributed by atoms with E-state index in [4.69, 9.17) is 9.52 Å². The van der Waals surface area contributed by atoms with Crippen molar-refractivity contribution < 1.29 is 23.9 Å². The molecule has 0 radical (unpaired) electrons. The molecule has 0 aliphatic carbocycles. The predicted octanol–water partition coefficient (Wildman–Crippen LogP) is 2.29. The smallest absolute Gasteiger partial charge is 0.371 e. The van der Waals surface area contributed by atoms with Crippen molar-refractivity contribution in [1.29, 1.82) is 0 Å². The molecule has 0 atom stereocenters. The monoisotopic (exact) mass is 370 g/mol. The second-order valence-corrected chi connectivity index (χ2v) is 6.48. The van der Waals surface area contributed by atoms with Crippen molar-refractivity contribution in [2.45, 2.75) is 19.3 Å². The van der Waals surface area contributed by atoms with Crippen molar-refractivity contribution in [1.82, 2.24) is 9.80 Å². The Kier molecular flexibility index (Phi) is 5.90. The molecule has 2 heterocycles. The Bertz CT molecular complexity index is 815. The normalized spacial score (nSPS) is 14.7. The van der Waals surface area contributed by atoms with Crippen LogP contribution in [0.3, 0.4) is 0 Å². The van der Waals surface area contributed by atoms with Crippen LogP contribution in [0, 0.1) is 0 Å². The summed E-state index contributed by atoms with van der Waals surface area (Å²) in [4.78, 5) is 39.3.